The molecule has 0 aromatic carbocycles. The second-order valence-electron chi connectivity index (χ2n) is 8.40. The van der Waals surface area contributed by atoms with Crippen LogP contribution in [0.5, 0.6) is 0 Å². The van der Waals surface area contributed by atoms with Crippen molar-refractivity contribution in [1.29, 1.82) is 0 Å². The van der Waals surface area contributed by atoms with E-state index >= 15 is 0 Å². The number of likely N-dealkylation sites (tertiary alicyclic amines) is 1. The molecule has 1 saturated heterocycles. The van der Waals surface area contributed by atoms with Crippen LogP contribution in [0.4, 0.5) is 0 Å². The van der Waals surface area contributed by atoms with Gasteiger partial charge in [0.25, 0.3) is 5.91 Å². The molecule has 0 aromatic rings. The number of fused-ring (bicyclic) bond motifs is 2. The van der Waals surface area contributed by atoms with Gasteiger partial charge < -0.3 is 9.64 Å². The summed E-state index contributed by atoms with van der Waals surface area (Å²) >= 11 is 0. The number of ether oxygens (including phenoxy) is 1. The van der Waals surface area contributed by atoms with Crippen LogP contribution in [0.1, 0.15) is 52.9 Å². The number of carbonyl (C=O) groups is 3. The topological polar surface area (TPSA) is 88.1 Å². The molecule has 2 bridgehead atoms. The number of carbonyl (C=O) groups excluding carboxylic acids is 3. The Labute approximate surface area is 141 Å². The second-order valence-corrected chi connectivity index (χ2v) is 8.40. The van der Waals surface area contributed by atoms with Crippen molar-refractivity contribution in [2.75, 3.05) is 13.2 Å². The van der Waals surface area contributed by atoms with E-state index in [1.807, 2.05) is 4.90 Å². The van der Waals surface area contributed by atoms with E-state index in [1.54, 1.807) is 0 Å². The SMILES string of the molecule is CC1(C)C[C@@H]2C[C@@](C)(CN2C(=O)COC(=O)C2=NNC(=O)CC2)C1. The molecule has 1 aliphatic carbocycles. The van der Waals surface area contributed by atoms with Crippen LogP contribution in [0.3, 0.4) is 0 Å². The second kappa shape index (κ2) is 5.86. The van der Waals surface area contributed by atoms with Crippen LogP contribution in [0.2, 0.25) is 0 Å². The average molecular weight is 335 g/mol. The third-order valence-electron chi connectivity index (χ3n) is 5.20. The molecule has 24 heavy (non-hydrogen) atoms. The van der Waals surface area contributed by atoms with Crippen molar-refractivity contribution in [3.63, 3.8) is 0 Å². The maximum Gasteiger partial charge on any atom is 0.355 e. The van der Waals surface area contributed by atoms with Crippen molar-refractivity contribution < 1.29 is 19.1 Å². The van der Waals surface area contributed by atoms with Gasteiger partial charge in [-0.3, -0.25) is 9.59 Å². The lowest BCUT2D eigenvalue weighted by atomic mass is 9.65. The van der Waals surface area contributed by atoms with Crippen LogP contribution in [0.15, 0.2) is 5.10 Å². The van der Waals surface area contributed by atoms with Gasteiger partial charge in [0, 0.05) is 25.4 Å². The number of hydrogen-bond donors (Lipinski definition) is 1. The summed E-state index contributed by atoms with van der Waals surface area (Å²) in [5.41, 5.74) is 2.81. The zero-order valence-electron chi connectivity index (χ0n) is 14.6. The number of rotatable bonds is 3. The number of amides is 2. The van der Waals surface area contributed by atoms with Crippen LogP contribution in [0, 0.1) is 10.8 Å². The maximum atomic E-state index is 12.5. The van der Waals surface area contributed by atoms with Gasteiger partial charge in [-0.15, -0.1) is 0 Å². The van der Waals surface area contributed by atoms with Crippen molar-refractivity contribution in [2.45, 2.75) is 58.9 Å². The minimum absolute atomic E-state index is 0.143. The van der Waals surface area contributed by atoms with Gasteiger partial charge in [0.1, 0.15) is 5.71 Å². The normalized spacial score (nSPS) is 31.3. The quantitative estimate of drug-likeness (QED) is 0.786. The summed E-state index contributed by atoms with van der Waals surface area (Å²) in [6, 6.07) is 0.233. The largest absolute Gasteiger partial charge is 0.451 e. The molecule has 7 heteroatoms. The predicted octanol–water partition coefficient (Wildman–Crippen LogP) is 1.22. The zero-order valence-corrected chi connectivity index (χ0v) is 14.6. The minimum atomic E-state index is -0.628. The van der Waals surface area contributed by atoms with Crippen LogP contribution in [-0.4, -0.2) is 47.6 Å². The molecule has 0 unspecified atom stereocenters. The highest BCUT2D eigenvalue weighted by Crippen LogP contribution is 2.52. The van der Waals surface area contributed by atoms with Gasteiger partial charge in [-0.2, -0.15) is 5.10 Å². The summed E-state index contributed by atoms with van der Waals surface area (Å²) in [7, 11) is 0. The number of hydrazone groups is 1. The third kappa shape index (κ3) is 3.44. The lowest BCUT2D eigenvalue weighted by Gasteiger charge is -2.39. The number of hydrogen-bond acceptors (Lipinski definition) is 5. The van der Waals surface area contributed by atoms with Gasteiger partial charge >= 0.3 is 5.97 Å². The Bertz CT molecular complexity index is 613. The summed E-state index contributed by atoms with van der Waals surface area (Å²) in [4.78, 5) is 37.4. The van der Waals surface area contributed by atoms with E-state index in [9.17, 15) is 14.4 Å². The van der Waals surface area contributed by atoms with E-state index in [1.165, 1.54) is 0 Å². The van der Waals surface area contributed by atoms with E-state index < -0.39 is 5.97 Å². The molecule has 1 saturated carbocycles. The summed E-state index contributed by atoms with van der Waals surface area (Å²) in [6.07, 6.45) is 3.58. The fourth-order valence-electron chi connectivity index (χ4n) is 4.67. The van der Waals surface area contributed by atoms with E-state index in [0.29, 0.717) is 0 Å². The van der Waals surface area contributed by atoms with E-state index in [4.69, 9.17) is 4.74 Å². The van der Waals surface area contributed by atoms with Crippen molar-refractivity contribution in [3.8, 4) is 0 Å². The molecule has 2 atom stereocenters. The fourth-order valence-corrected chi connectivity index (χ4v) is 4.67. The first kappa shape index (κ1) is 16.9. The summed E-state index contributed by atoms with van der Waals surface area (Å²) in [5, 5.41) is 3.69. The van der Waals surface area contributed by atoms with Gasteiger partial charge in [-0.25, -0.2) is 10.2 Å². The average Bonchev–Trinajstić information content (AvgIpc) is 2.74. The molecule has 7 nitrogen and oxygen atoms in total. The number of nitrogens with zero attached hydrogens (tertiary/aromatic N) is 2. The van der Waals surface area contributed by atoms with Crippen molar-refractivity contribution in [1.82, 2.24) is 10.3 Å². The van der Waals surface area contributed by atoms with Crippen molar-refractivity contribution in [3.05, 3.63) is 0 Å². The maximum absolute atomic E-state index is 12.5. The third-order valence-corrected chi connectivity index (χ3v) is 5.20. The minimum Gasteiger partial charge on any atom is -0.451 e. The smallest absolute Gasteiger partial charge is 0.355 e. The van der Waals surface area contributed by atoms with Gasteiger partial charge in [0.2, 0.25) is 5.91 Å². The Morgan fingerprint density at radius 3 is 2.71 bits per heavy atom. The van der Waals surface area contributed by atoms with Crippen molar-refractivity contribution >= 4 is 23.5 Å². The first-order valence-corrected chi connectivity index (χ1v) is 8.50. The zero-order chi connectivity index (χ0) is 17.5. The molecule has 2 amide bonds. The molecular formula is C17H25N3O4. The standard InChI is InChI=1S/C17H25N3O4/c1-16(2)6-11-7-17(3,9-16)10-20(11)14(22)8-24-15(23)12-4-5-13(21)19-18-12/h11H,4-10H2,1-3H3,(H,19,21)/t11-,17-/m1/s1. The Hall–Kier alpha value is -1.92. The Morgan fingerprint density at radius 1 is 1.29 bits per heavy atom. The molecule has 0 spiro atoms. The van der Waals surface area contributed by atoms with E-state index in [0.717, 1.165) is 25.8 Å². The Balaban J connectivity index is 1.56. The lowest BCUT2D eigenvalue weighted by molar-refractivity contribution is -0.147. The first-order chi connectivity index (χ1) is 11.2. The first-order valence-electron chi connectivity index (χ1n) is 8.50. The fraction of sp³-hybridized carbons (Fsp3) is 0.765. The number of esters is 1. The summed E-state index contributed by atoms with van der Waals surface area (Å²) in [5.74, 6) is -0.991. The molecule has 2 fully saturated rings. The Morgan fingerprint density at radius 2 is 2.04 bits per heavy atom. The van der Waals surface area contributed by atoms with Crippen LogP contribution in [0.25, 0.3) is 0 Å². The van der Waals surface area contributed by atoms with E-state index in [2.05, 4.69) is 31.3 Å². The summed E-state index contributed by atoms with van der Waals surface area (Å²) < 4.78 is 5.11. The molecular weight excluding hydrogens is 310 g/mol. The molecule has 132 valence electrons. The highest BCUT2D eigenvalue weighted by Gasteiger charge is 2.50. The van der Waals surface area contributed by atoms with Crippen LogP contribution < -0.4 is 5.43 Å². The highest BCUT2D eigenvalue weighted by molar-refractivity contribution is 6.37. The van der Waals surface area contributed by atoms with E-state index in [-0.39, 0.29) is 53.8 Å². The molecule has 0 aromatic heterocycles. The molecule has 0 radical (unpaired) electrons. The predicted molar refractivity (Wildman–Crippen MR) is 87.0 cm³/mol. The van der Waals surface area contributed by atoms with Gasteiger partial charge in [0.05, 0.1) is 0 Å². The van der Waals surface area contributed by atoms with Crippen molar-refractivity contribution in [2.24, 2.45) is 15.9 Å². The molecule has 2 heterocycles. The monoisotopic (exact) mass is 335 g/mol. The molecule has 3 rings (SSSR count). The Kier molecular flexibility index (Phi) is 4.13. The van der Waals surface area contributed by atoms with Crippen LogP contribution in [-0.2, 0) is 19.1 Å². The number of nitrogens with one attached hydrogen (secondary N) is 1. The molecule has 1 N–H and O–H groups in total. The molecule has 3 aliphatic rings. The lowest BCUT2D eigenvalue weighted by Crippen LogP contribution is -2.40. The van der Waals surface area contributed by atoms with Crippen LogP contribution >= 0.6 is 0 Å². The van der Waals surface area contributed by atoms with Gasteiger partial charge in [-0.05, 0) is 30.1 Å². The highest BCUT2D eigenvalue weighted by atomic mass is 16.5. The van der Waals surface area contributed by atoms with Gasteiger partial charge in [-0.1, -0.05) is 20.8 Å². The molecule has 2 aliphatic heterocycles. The summed E-state index contributed by atoms with van der Waals surface area (Å²) in [6.45, 7) is 7.20. The van der Waals surface area contributed by atoms with Gasteiger partial charge in [0.15, 0.2) is 6.61 Å².